The third kappa shape index (κ3) is 5.24. The molecule has 1 aliphatic heterocycles. The Labute approximate surface area is 171 Å². The molecule has 1 N–H and O–H groups in total. The molecule has 1 aliphatic carbocycles. The summed E-state index contributed by atoms with van der Waals surface area (Å²) in [6, 6.07) is 3.11. The second-order valence-electron chi connectivity index (χ2n) is 7.84. The molecule has 0 radical (unpaired) electrons. The predicted molar refractivity (Wildman–Crippen MR) is 110 cm³/mol. The van der Waals surface area contributed by atoms with Gasteiger partial charge in [0.25, 0.3) is 5.91 Å². The van der Waals surface area contributed by atoms with E-state index >= 15 is 0 Å². The molecule has 0 atom stereocenters. The van der Waals surface area contributed by atoms with Crippen LogP contribution in [0, 0.1) is 11.6 Å². The highest BCUT2D eigenvalue weighted by Gasteiger charge is 2.39. The fraction of sp³-hybridized carbons (Fsp3) is 0.667. The number of piperazine rings is 1. The smallest absolute Gasteiger partial charge is 0.254 e. The Morgan fingerprint density at radius 3 is 2.50 bits per heavy atom. The minimum atomic E-state index is -0.809. The summed E-state index contributed by atoms with van der Waals surface area (Å²) < 4.78 is 29.5. The van der Waals surface area contributed by atoms with Crippen molar-refractivity contribution in [1.82, 2.24) is 14.5 Å². The topological polar surface area (TPSA) is 35.6 Å². The average molecular weight is 412 g/mol. The number of nitrogens with zero attached hydrogens (tertiary/aromatic N) is 2. The summed E-state index contributed by atoms with van der Waals surface area (Å²) in [5.74, 6) is -0.780. The van der Waals surface area contributed by atoms with Gasteiger partial charge in [0.15, 0.2) is 0 Å². The van der Waals surface area contributed by atoms with Crippen LogP contribution in [-0.4, -0.2) is 59.1 Å². The Kier molecular flexibility index (Phi) is 7.71. The number of carbonyl (C=O) groups is 1. The number of rotatable bonds is 7. The number of halogens is 2. The molecule has 1 saturated carbocycles. The highest BCUT2D eigenvalue weighted by Crippen LogP contribution is 2.34. The number of benzene rings is 1. The van der Waals surface area contributed by atoms with Crippen LogP contribution < -0.4 is 5.32 Å². The van der Waals surface area contributed by atoms with Gasteiger partial charge in [-0.3, -0.25) is 9.69 Å². The number of nitrogens with one attached hydrogen (secondary N) is 1. The van der Waals surface area contributed by atoms with Crippen LogP contribution in [0.1, 0.15) is 55.8 Å². The van der Waals surface area contributed by atoms with Crippen LogP contribution >= 0.6 is 11.9 Å². The van der Waals surface area contributed by atoms with Gasteiger partial charge in [-0.25, -0.2) is 13.1 Å². The molecule has 2 aliphatic rings. The molecule has 2 fully saturated rings. The van der Waals surface area contributed by atoms with Crippen molar-refractivity contribution >= 4 is 17.9 Å². The zero-order chi connectivity index (χ0) is 20.0. The van der Waals surface area contributed by atoms with Crippen LogP contribution in [0.25, 0.3) is 0 Å². The van der Waals surface area contributed by atoms with Crippen molar-refractivity contribution in [3.05, 3.63) is 35.4 Å². The summed E-state index contributed by atoms with van der Waals surface area (Å²) in [5, 5.41) is 2.95. The summed E-state index contributed by atoms with van der Waals surface area (Å²) in [5.41, 5.74) is -0.139. The lowest BCUT2D eigenvalue weighted by Crippen LogP contribution is -2.61. The van der Waals surface area contributed by atoms with Crippen molar-refractivity contribution in [3.8, 4) is 0 Å². The first-order chi connectivity index (χ1) is 13.5. The Hall–Kier alpha value is -1.18. The van der Waals surface area contributed by atoms with E-state index in [4.69, 9.17) is 0 Å². The standard InChI is InChI=1S/C21H31F2N3OS/c1-2-14-28-26-12-10-25(11-13-26)21(8-4-3-5-9-21)16-24-20(27)18-7-6-17(22)15-19(18)23/h6-7,15H,2-5,8-14,16H2,1H3,(H,24,27). The molecular weight excluding hydrogens is 380 g/mol. The fourth-order valence-electron chi connectivity index (χ4n) is 4.34. The van der Waals surface area contributed by atoms with E-state index in [1.165, 1.54) is 18.9 Å². The van der Waals surface area contributed by atoms with Gasteiger partial charge in [-0.15, -0.1) is 0 Å². The monoisotopic (exact) mass is 411 g/mol. The summed E-state index contributed by atoms with van der Waals surface area (Å²) in [6.07, 6.45) is 6.84. The molecule has 1 saturated heterocycles. The summed E-state index contributed by atoms with van der Waals surface area (Å²) in [4.78, 5) is 15.0. The lowest BCUT2D eigenvalue weighted by molar-refractivity contribution is 0.0256. The SMILES string of the molecule is CCCSN1CCN(C2(CNC(=O)c3ccc(F)cc3F)CCCCC2)CC1. The molecule has 0 spiro atoms. The van der Waals surface area contributed by atoms with Gasteiger partial charge in [0, 0.05) is 50.1 Å². The Balaban J connectivity index is 1.63. The third-order valence-corrected chi connectivity index (χ3v) is 7.25. The summed E-state index contributed by atoms with van der Waals surface area (Å²) in [6.45, 7) is 6.78. The molecular formula is C21H31F2N3OS. The molecule has 28 heavy (non-hydrogen) atoms. The number of hydrogen-bond donors (Lipinski definition) is 1. The van der Waals surface area contributed by atoms with E-state index in [1.54, 1.807) is 0 Å². The summed E-state index contributed by atoms with van der Waals surface area (Å²) in [7, 11) is 0. The first-order valence-corrected chi connectivity index (χ1v) is 11.3. The fourth-order valence-corrected chi connectivity index (χ4v) is 5.20. The van der Waals surface area contributed by atoms with Gasteiger partial charge >= 0.3 is 0 Å². The summed E-state index contributed by atoms with van der Waals surface area (Å²) >= 11 is 1.93. The van der Waals surface area contributed by atoms with Gasteiger partial charge in [0.2, 0.25) is 0 Å². The van der Waals surface area contributed by atoms with Crippen LogP contribution in [0.2, 0.25) is 0 Å². The van der Waals surface area contributed by atoms with Crippen molar-refractivity contribution < 1.29 is 13.6 Å². The van der Waals surface area contributed by atoms with E-state index < -0.39 is 17.5 Å². The van der Waals surface area contributed by atoms with Crippen LogP contribution in [0.5, 0.6) is 0 Å². The van der Waals surface area contributed by atoms with Crippen molar-refractivity contribution in [1.29, 1.82) is 0 Å². The lowest BCUT2D eigenvalue weighted by atomic mass is 9.79. The number of amides is 1. The van der Waals surface area contributed by atoms with Crippen molar-refractivity contribution in [2.45, 2.75) is 51.0 Å². The van der Waals surface area contributed by atoms with Gasteiger partial charge in [0.05, 0.1) is 5.56 Å². The van der Waals surface area contributed by atoms with E-state index in [9.17, 15) is 13.6 Å². The molecule has 1 amide bonds. The van der Waals surface area contributed by atoms with Crippen LogP contribution in [0.4, 0.5) is 8.78 Å². The van der Waals surface area contributed by atoms with E-state index in [0.29, 0.717) is 6.54 Å². The molecule has 1 heterocycles. The molecule has 0 unspecified atom stereocenters. The number of carbonyl (C=O) groups excluding carboxylic acids is 1. The Bertz CT molecular complexity index is 659. The van der Waals surface area contributed by atoms with Gasteiger partial charge in [-0.1, -0.05) is 38.1 Å². The minimum Gasteiger partial charge on any atom is -0.350 e. The van der Waals surface area contributed by atoms with E-state index in [-0.39, 0.29) is 11.1 Å². The molecule has 1 aromatic carbocycles. The lowest BCUT2D eigenvalue weighted by Gasteiger charge is -2.49. The normalized spacial score (nSPS) is 20.8. The maximum Gasteiger partial charge on any atom is 0.254 e. The van der Waals surface area contributed by atoms with Crippen LogP contribution in [-0.2, 0) is 0 Å². The molecule has 156 valence electrons. The van der Waals surface area contributed by atoms with Crippen molar-refractivity contribution in [2.24, 2.45) is 0 Å². The average Bonchev–Trinajstić information content (AvgIpc) is 2.71. The molecule has 0 bridgehead atoms. The highest BCUT2D eigenvalue weighted by atomic mass is 32.2. The highest BCUT2D eigenvalue weighted by molar-refractivity contribution is 7.97. The molecule has 3 rings (SSSR count). The second kappa shape index (κ2) is 10.0. The van der Waals surface area contributed by atoms with Crippen molar-refractivity contribution in [3.63, 3.8) is 0 Å². The molecule has 0 aromatic heterocycles. The van der Waals surface area contributed by atoms with E-state index in [0.717, 1.165) is 69.7 Å². The quantitative estimate of drug-likeness (QED) is 0.686. The number of hydrogen-bond acceptors (Lipinski definition) is 4. The van der Waals surface area contributed by atoms with Crippen molar-refractivity contribution in [2.75, 3.05) is 38.5 Å². The largest absolute Gasteiger partial charge is 0.350 e. The zero-order valence-corrected chi connectivity index (χ0v) is 17.5. The predicted octanol–water partition coefficient (Wildman–Crippen LogP) is 4.07. The van der Waals surface area contributed by atoms with Crippen LogP contribution in [0.3, 0.4) is 0 Å². The maximum absolute atomic E-state index is 13.9. The molecule has 7 heteroatoms. The second-order valence-corrected chi connectivity index (χ2v) is 9.02. The van der Waals surface area contributed by atoms with Gasteiger partial charge in [-0.05, 0) is 31.4 Å². The van der Waals surface area contributed by atoms with E-state index in [2.05, 4.69) is 21.4 Å². The van der Waals surface area contributed by atoms with E-state index in [1.807, 2.05) is 11.9 Å². The Morgan fingerprint density at radius 1 is 1.14 bits per heavy atom. The van der Waals surface area contributed by atoms with Gasteiger partial charge < -0.3 is 5.32 Å². The zero-order valence-electron chi connectivity index (χ0n) is 16.7. The van der Waals surface area contributed by atoms with Gasteiger partial charge in [0.1, 0.15) is 11.6 Å². The third-order valence-electron chi connectivity index (χ3n) is 5.93. The maximum atomic E-state index is 13.9. The first-order valence-electron chi connectivity index (χ1n) is 10.4. The van der Waals surface area contributed by atoms with Crippen LogP contribution in [0.15, 0.2) is 18.2 Å². The first kappa shape index (κ1) is 21.5. The Morgan fingerprint density at radius 2 is 1.86 bits per heavy atom. The molecule has 4 nitrogen and oxygen atoms in total. The van der Waals surface area contributed by atoms with Gasteiger partial charge in [-0.2, -0.15) is 0 Å². The minimum absolute atomic E-state index is 0.0497. The molecule has 1 aromatic rings.